The van der Waals surface area contributed by atoms with E-state index in [0.717, 1.165) is 36.8 Å². The first-order valence-electron chi connectivity index (χ1n) is 8.01. The standard InChI is InChI=1S/C18H23BrN4S/c1-20-18(23-14-15-8-4-5-11-21-15)22-12-6-7-13-24-17-10-3-2-9-16(17)19/h2-5,8-11H,6-7,12-14H2,1H3,(H2,20,22,23). The monoisotopic (exact) mass is 406 g/mol. The highest BCUT2D eigenvalue weighted by atomic mass is 79.9. The van der Waals surface area contributed by atoms with Crippen molar-refractivity contribution in [3.8, 4) is 0 Å². The number of benzene rings is 1. The van der Waals surface area contributed by atoms with Crippen molar-refractivity contribution >= 4 is 33.7 Å². The van der Waals surface area contributed by atoms with Crippen LogP contribution in [0, 0.1) is 0 Å². The van der Waals surface area contributed by atoms with Gasteiger partial charge in [0.25, 0.3) is 0 Å². The summed E-state index contributed by atoms with van der Waals surface area (Å²) in [5, 5.41) is 6.62. The molecule has 6 heteroatoms. The van der Waals surface area contributed by atoms with Crippen LogP contribution < -0.4 is 10.6 Å². The van der Waals surface area contributed by atoms with E-state index in [1.165, 1.54) is 9.37 Å². The number of guanidine groups is 1. The lowest BCUT2D eigenvalue weighted by Crippen LogP contribution is -2.37. The molecule has 0 saturated carbocycles. The molecule has 0 aliphatic heterocycles. The van der Waals surface area contributed by atoms with Crippen LogP contribution in [0.3, 0.4) is 0 Å². The van der Waals surface area contributed by atoms with Crippen molar-refractivity contribution in [1.29, 1.82) is 0 Å². The van der Waals surface area contributed by atoms with E-state index in [1.54, 1.807) is 13.2 Å². The Labute approximate surface area is 156 Å². The van der Waals surface area contributed by atoms with Crippen LogP contribution in [0.2, 0.25) is 0 Å². The second-order valence-electron chi connectivity index (χ2n) is 5.16. The highest BCUT2D eigenvalue weighted by Crippen LogP contribution is 2.27. The normalized spacial score (nSPS) is 11.3. The maximum absolute atomic E-state index is 4.29. The second-order valence-corrected chi connectivity index (χ2v) is 7.15. The Balaban J connectivity index is 1.58. The highest BCUT2D eigenvalue weighted by molar-refractivity contribution is 9.10. The van der Waals surface area contributed by atoms with E-state index < -0.39 is 0 Å². The average Bonchev–Trinajstić information content (AvgIpc) is 2.62. The summed E-state index contributed by atoms with van der Waals surface area (Å²) in [5.41, 5.74) is 1.00. The molecule has 2 N–H and O–H groups in total. The van der Waals surface area contributed by atoms with Crippen molar-refractivity contribution in [3.05, 3.63) is 58.8 Å². The Morgan fingerprint density at radius 1 is 1.12 bits per heavy atom. The van der Waals surface area contributed by atoms with Crippen molar-refractivity contribution in [2.24, 2.45) is 4.99 Å². The minimum absolute atomic E-state index is 0.679. The van der Waals surface area contributed by atoms with Gasteiger partial charge in [-0.25, -0.2) is 0 Å². The molecule has 1 heterocycles. The summed E-state index contributed by atoms with van der Waals surface area (Å²) in [5.74, 6) is 1.93. The van der Waals surface area contributed by atoms with Gasteiger partial charge < -0.3 is 10.6 Å². The van der Waals surface area contributed by atoms with Crippen LogP contribution in [-0.2, 0) is 6.54 Å². The van der Waals surface area contributed by atoms with Gasteiger partial charge in [-0.05, 0) is 58.8 Å². The topological polar surface area (TPSA) is 49.3 Å². The van der Waals surface area contributed by atoms with Gasteiger partial charge >= 0.3 is 0 Å². The smallest absolute Gasteiger partial charge is 0.191 e. The van der Waals surface area contributed by atoms with Crippen molar-refractivity contribution in [2.45, 2.75) is 24.3 Å². The van der Waals surface area contributed by atoms with Gasteiger partial charge in [-0.15, -0.1) is 11.8 Å². The van der Waals surface area contributed by atoms with Crippen LogP contribution in [0.4, 0.5) is 0 Å². The molecule has 0 bridgehead atoms. The van der Waals surface area contributed by atoms with Gasteiger partial charge in [-0.2, -0.15) is 0 Å². The molecule has 0 saturated heterocycles. The largest absolute Gasteiger partial charge is 0.356 e. The summed E-state index contributed by atoms with van der Waals surface area (Å²) in [4.78, 5) is 9.83. The van der Waals surface area contributed by atoms with Gasteiger partial charge in [0.2, 0.25) is 0 Å². The number of halogens is 1. The predicted octanol–water partition coefficient (Wildman–Crippen LogP) is 4.08. The Morgan fingerprint density at radius 3 is 2.71 bits per heavy atom. The van der Waals surface area contributed by atoms with E-state index in [2.05, 4.69) is 54.7 Å². The van der Waals surface area contributed by atoms with Crippen LogP contribution in [0.25, 0.3) is 0 Å². The van der Waals surface area contributed by atoms with Crippen molar-refractivity contribution < 1.29 is 0 Å². The molecule has 4 nitrogen and oxygen atoms in total. The van der Waals surface area contributed by atoms with E-state index >= 15 is 0 Å². The molecule has 0 amide bonds. The second kappa shape index (κ2) is 11.1. The van der Waals surface area contributed by atoms with Crippen LogP contribution in [0.1, 0.15) is 18.5 Å². The number of nitrogens with zero attached hydrogens (tertiary/aromatic N) is 2. The van der Waals surface area contributed by atoms with Crippen LogP contribution in [0.5, 0.6) is 0 Å². The zero-order valence-corrected chi connectivity index (χ0v) is 16.2. The molecule has 0 unspecified atom stereocenters. The van der Waals surface area contributed by atoms with E-state index in [0.29, 0.717) is 6.54 Å². The lowest BCUT2D eigenvalue weighted by atomic mass is 10.3. The van der Waals surface area contributed by atoms with Gasteiger partial charge in [0, 0.05) is 29.2 Å². The van der Waals surface area contributed by atoms with E-state index in [4.69, 9.17) is 0 Å². The number of hydrogen-bond donors (Lipinski definition) is 2. The van der Waals surface area contributed by atoms with Gasteiger partial charge in [0.05, 0.1) is 12.2 Å². The van der Waals surface area contributed by atoms with Crippen molar-refractivity contribution in [2.75, 3.05) is 19.3 Å². The molecular weight excluding hydrogens is 384 g/mol. The number of aromatic nitrogens is 1. The first-order valence-corrected chi connectivity index (χ1v) is 9.79. The average molecular weight is 407 g/mol. The van der Waals surface area contributed by atoms with Gasteiger partial charge in [-0.3, -0.25) is 9.98 Å². The number of unbranched alkanes of at least 4 members (excludes halogenated alkanes) is 1. The molecule has 2 aromatic rings. The molecule has 2 rings (SSSR count). The summed E-state index contributed by atoms with van der Waals surface area (Å²) in [6, 6.07) is 14.3. The molecular formula is C18H23BrN4S. The molecule has 1 aromatic heterocycles. The number of pyridine rings is 1. The minimum atomic E-state index is 0.679. The Bertz CT molecular complexity index is 634. The van der Waals surface area contributed by atoms with Crippen molar-refractivity contribution in [1.82, 2.24) is 15.6 Å². The first-order chi connectivity index (χ1) is 11.8. The lowest BCUT2D eigenvalue weighted by Gasteiger charge is -2.11. The zero-order valence-electron chi connectivity index (χ0n) is 13.8. The van der Waals surface area contributed by atoms with Gasteiger partial charge in [-0.1, -0.05) is 18.2 Å². The summed E-state index contributed by atoms with van der Waals surface area (Å²) in [6.45, 7) is 1.59. The predicted molar refractivity (Wildman–Crippen MR) is 107 cm³/mol. The number of nitrogens with one attached hydrogen (secondary N) is 2. The summed E-state index contributed by atoms with van der Waals surface area (Å²) in [7, 11) is 1.79. The van der Waals surface area contributed by atoms with E-state index in [9.17, 15) is 0 Å². The van der Waals surface area contributed by atoms with Crippen LogP contribution >= 0.6 is 27.7 Å². The molecule has 0 fully saturated rings. The van der Waals surface area contributed by atoms with Crippen LogP contribution in [-0.4, -0.2) is 30.3 Å². The number of hydrogen-bond acceptors (Lipinski definition) is 3. The van der Waals surface area contributed by atoms with E-state index in [-0.39, 0.29) is 0 Å². The highest BCUT2D eigenvalue weighted by Gasteiger charge is 2.00. The molecule has 24 heavy (non-hydrogen) atoms. The zero-order chi connectivity index (χ0) is 17.0. The third kappa shape index (κ3) is 6.93. The minimum Gasteiger partial charge on any atom is -0.356 e. The Morgan fingerprint density at radius 2 is 1.96 bits per heavy atom. The molecule has 0 aliphatic rings. The summed E-state index contributed by atoms with van der Waals surface area (Å²) >= 11 is 5.47. The molecule has 0 spiro atoms. The molecule has 0 aliphatic carbocycles. The number of rotatable bonds is 8. The fraction of sp³-hybridized carbons (Fsp3) is 0.333. The fourth-order valence-electron chi connectivity index (χ4n) is 2.08. The lowest BCUT2D eigenvalue weighted by molar-refractivity contribution is 0.729. The molecule has 128 valence electrons. The SMILES string of the molecule is CN=C(NCCCCSc1ccccc1Br)NCc1ccccn1. The molecule has 0 atom stereocenters. The third-order valence-electron chi connectivity index (χ3n) is 3.34. The van der Waals surface area contributed by atoms with E-state index in [1.807, 2.05) is 36.0 Å². The van der Waals surface area contributed by atoms with Crippen LogP contribution in [0.15, 0.2) is 63.0 Å². The quantitative estimate of drug-likeness (QED) is 0.300. The maximum atomic E-state index is 4.29. The molecule has 0 radical (unpaired) electrons. The summed E-state index contributed by atoms with van der Waals surface area (Å²) < 4.78 is 1.17. The van der Waals surface area contributed by atoms with Crippen molar-refractivity contribution in [3.63, 3.8) is 0 Å². The summed E-state index contributed by atoms with van der Waals surface area (Å²) in [6.07, 6.45) is 4.08. The number of thioether (sulfide) groups is 1. The van der Waals surface area contributed by atoms with Gasteiger partial charge in [0.1, 0.15) is 0 Å². The fourth-order valence-corrected chi connectivity index (χ4v) is 3.65. The third-order valence-corrected chi connectivity index (χ3v) is 5.46. The Kier molecular flexibility index (Phi) is 8.70. The first kappa shape index (κ1) is 18.8. The Hall–Kier alpha value is -1.53. The maximum Gasteiger partial charge on any atom is 0.191 e. The van der Waals surface area contributed by atoms with Gasteiger partial charge in [0.15, 0.2) is 5.96 Å². The molecule has 1 aromatic carbocycles. The number of aliphatic imine (C=N–C) groups is 1.